The van der Waals surface area contributed by atoms with Crippen LogP contribution in [0.4, 0.5) is 13.2 Å². The molecule has 1 atom stereocenters. The summed E-state index contributed by atoms with van der Waals surface area (Å²) in [7, 11) is 0. The summed E-state index contributed by atoms with van der Waals surface area (Å²) < 4.78 is 45.4. The Morgan fingerprint density at radius 2 is 1.94 bits per heavy atom. The lowest BCUT2D eigenvalue weighted by molar-refractivity contribution is -0.166. The summed E-state index contributed by atoms with van der Waals surface area (Å²) in [4.78, 5) is 27.7. The molecule has 3 aliphatic heterocycles. The lowest BCUT2D eigenvalue weighted by Gasteiger charge is -2.44. The number of carbonyl (C=O) groups is 2. The second-order valence-corrected chi connectivity index (χ2v) is 7.85. The lowest BCUT2D eigenvalue weighted by Crippen LogP contribution is -2.57. The maximum Gasteiger partial charge on any atom is 0.442 e. The van der Waals surface area contributed by atoms with Crippen LogP contribution in [0.25, 0.3) is 0 Å². The molecule has 0 saturated carbocycles. The third kappa shape index (κ3) is 3.80. The van der Waals surface area contributed by atoms with Crippen LogP contribution < -0.4 is 5.32 Å². The predicted octanol–water partition coefficient (Wildman–Crippen LogP) is 3.44. The molecular weight excluding hydrogens is 437 g/mol. The van der Waals surface area contributed by atoms with Crippen molar-refractivity contribution in [3.05, 3.63) is 35.4 Å². The average Bonchev–Trinajstić information content (AvgIpc) is 3.47. The molecule has 3 aliphatic rings. The van der Waals surface area contributed by atoms with Crippen LogP contribution in [0.1, 0.15) is 42.1 Å². The van der Waals surface area contributed by atoms with Crippen LogP contribution in [-0.4, -0.2) is 54.7 Å². The van der Waals surface area contributed by atoms with Crippen molar-refractivity contribution >= 4 is 24.3 Å². The molecule has 1 aromatic rings. The molecule has 2 saturated heterocycles. The SMILES string of the molecule is CCOC(=O)C1CCN(C(=O)c2cccc(C3(C(F)(F)F)N=N3)c2)C12CCNCC2.Cl. The van der Waals surface area contributed by atoms with Crippen molar-refractivity contribution in [3.8, 4) is 0 Å². The summed E-state index contributed by atoms with van der Waals surface area (Å²) >= 11 is 0. The summed E-state index contributed by atoms with van der Waals surface area (Å²) in [6.07, 6.45) is -3.02. The van der Waals surface area contributed by atoms with Gasteiger partial charge in [-0.05, 0) is 51.4 Å². The van der Waals surface area contributed by atoms with Crippen molar-refractivity contribution in [1.82, 2.24) is 10.2 Å². The number of alkyl halides is 3. The summed E-state index contributed by atoms with van der Waals surface area (Å²) in [5.41, 5.74) is -3.31. The van der Waals surface area contributed by atoms with Crippen LogP contribution in [-0.2, 0) is 15.2 Å². The van der Waals surface area contributed by atoms with E-state index in [1.165, 1.54) is 24.3 Å². The molecular formula is C20H24ClF3N4O3. The van der Waals surface area contributed by atoms with E-state index in [0.717, 1.165) is 0 Å². The summed E-state index contributed by atoms with van der Waals surface area (Å²) in [5.74, 6) is -1.15. The van der Waals surface area contributed by atoms with E-state index in [4.69, 9.17) is 4.74 Å². The molecule has 3 heterocycles. The van der Waals surface area contributed by atoms with Crippen molar-refractivity contribution < 1.29 is 27.5 Å². The molecule has 0 aliphatic carbocycles. The molecule has 1 unspecified atom stereocenters. The molecule has 31 heavy (non-hydrogen) atoms. The Kier molecular flexibility index (Phi) is 6.35. The van der Waals surface area contributed by atoms with E-state index in [1.807, 2.05) is 0 Å². The van der Waals surface area contributed by atoms with Crippen LogP contribution in [0.3, 0.4) is 0 Å². The van der Waals surface area contributed by atoms with Crippen molar-refractivity contribution in [1.29, 1.82) is 0 Å². The van der Waals surface area contributed by atoms with Crippen molar-refractivity contribution in [3.63, 3.8) is 0 Å². The van der Waals surface area contributed by atoms with Gasteiger partial charge < -0.3 is 15.0 Å². The van der Waals surface area contributed by atoms with E-state index in [2.05, 4.69) is 15.5 Å². The van der Waals surface area contributed by atoms with E-state index in [-0.39, 0.29) is 42.0 Å². The van der Waals surface area contributed by atoms with Gasteiger partial charge in [-0.1, -0.05) is 12.1 Å². The minimum Gasteiger partial charge on any atom is -0.466 e. The number of rotatable bonds is 4. The van der Waals surface area contributed by atoms with Crippen molar-refractivity contribution in [2.75, 3.05) is 26.2 Å². The number of esters is 1. The first-order valence-corrected chi connectivity index (χ1v) is 10.1. The highest BCUT2D eigenvalue weighted by atomic mass is 35.5. The topological polar surface area (TPSA) is 83.4 Å². The zero-order valence-electron chi connectivity index (χ0n) is 16.9. The number of likely N-dealkylation sites (tertiary alicyclic amines) is 1. The zero-order valence-corrected chi connectivity index (χ0v) is 17.8. The van der Waals surface area contributed by atoms with E-state index in [0.29, 0.717) is 38.9 Å². The molecule has 11 heteroatoms. The number of piperidine rings is 1. The first-order valence-electron chi connectivity index (χ1n) is 10.1. The highest BCUT2D eigenvalue weighted by Gasteiger charge is 2.65. The van der Waals surface area contributed by atoms with Crippen molar-refractivity contribution in [2.45, 2.75) is 43.6 Å². The third-order valence-corrected chi connectivity index (χ3v) is 6.32. The molecule has 170 valence electrons. The molecule has 1 spiro atoms. The number of hydrogen-bond donors (Lipinski definition) is 1. The number of benzene rings is 1. The minimum absolute atomic E-state index is 0. The van der Waals surface area contributed by atoms with Gasteiger partial charge in [0.25, 0.3) is 5.91 Å². The second-order valence-electron chi connectivity index (χ2n) is 7.85. The number of nitrogens with zero attached hydrogens (tertiary/aromatic N) is 3. The van der Waals surface area contributed by atoms with Gasteiger partial charge >= 0.3 is 17.8 Å². The van der Waals surface area contributed by atoms with Crippen LogP contribution in [0, 0.1) is 5.92 Å². The fraction of sp³-hybridized carbons (Fsp3) is 0.600. The first-order chi connectivity index (χ1) is 14.2. The Labute approximate surface area is 183 Å². The monoisotopic (exact) mass is 460 g/mol. The number of amides is 1. The van der Waals surface area contributed by atoms with Crippen LogP contribution in [0.5, 0.6) is 0 Å². The van der Waals surface area contributed by atoms with E-state index >= 15 is 0 Å². The molecule has 7 nitrogen and oxygen atoms in total. The van der Waals surface area contributed by atoms with Crippen LogP contribution >= 0.6 is 12.4 Å². The molecule has 2 fully saturated rings. The largest absolute Gasteiger partial charge is 0.466 e. The number of carbonyl (C=O) groups excluding carboxylic acids is 2. The fourth-order valence-corrected chi connectivity index (χ4v) is 4.77. The Balaban J connectivity index is 0.00000272. The van der Waals surface area contributed by atoms with Crippen molar-refractivity contribution in [2.24, 2.45) is 16.1 Å². The van der Waals surface area contributed by atoms with Crippen LogP contribution in [0.2, 0.25) is 0 Å². The number of ether oxygens (including phenoxy) is 1. The molecule has 0 radical (unpaired) electrons. The number of halogens is 4. The predicted molar refractivity (Wildman–Crippen MR) is 107 cm³/mol. The molecule has 1 N–H and O–H groups in total. The Bertz CT molecular complexity index is 881. The van der Waals surface area contributed by atoms with Crippen LogP contribution in [0.15, 0.2) is 34.5 Å². The summed E-state index contributed by atoms with van der Waals surface area (Å²) in [5, 5.41) is 9.68. The van der Waals surface area contributed by atoms with Gasteiger partial charge in [0, 0.05) is 17.7 Å². The first kappa shape index (κ1) is 23.5. The zero-order chi connectivity index (χ0) is 21.6. The minimum atomic E-state index is -4.66. The normalized spacial score (nSPS) is 23.4. The molecule has 1 amide bonds. The Hall–Kier alpha value is -2.20. The second kappa shape index (κ2) is 8.38. The molecule has 0 aromatic heterocycles. The van der Waals surface area contributed by atoms with Gasteiger partial charge in [0.2, 0.25) is 0 Å². The average molecular weight is 461 g/mol. The fourth-order valence-electron chi connectivity index (χ4n) is 4.77. The highest BCUT2D eigenvalue weighted by molar-refractivity contribution is 5.96. The maximum atomic E-state index is 13.4. The van der Waals surface area contributed by atoms with E-state index in [1.54, 1.807) is 11.8 Å². The van der Waals surface area contributed by atoms with Gasteiger partial charge in [0.15, 0.2) is 0 Å². The van der Waals surface area contributed by atoms with E-state index < -0.39 is 23.3 Å². The maximum absolute atomic E-state index is 13.4. The van der Waals surface area contributed by atoms with Gasteiger partial charge in [0.1, 0.15) is 0 Å². The Morgan fingerprint density at radius 1 is 1.26 bits per heavy atom. The highest BCUT2D eigenvalue weighted by Crippen LogP contribution is 2.52. The summed E-state index contributed by atoms with van der Waals surface area (Å²) in [6.45, 7) is 3.64. The molecule has 0 bridgehead atoms. The van der Waals surface area contributed by atoms with Gasteiger partial charge in [-0.3, -0.25) is 9.59 Å². The smallest absolute Gasteiger partial charge is 0.442 e. The van der Waals surface area contributed by atoms with Gasteiger partial charge in [-0.15, -0.1) is 22.6 Å². The van der Waals surface area contributed by atoms with E-state index in [9.17, 15) is 22.8 Å². The molecule has 4 rings (SSSR count). The number of hydrogen-bond acceptors (Lipinski definition) is 6. The Morgan fingerprint density at radius 3 is 2.52 bits per heavy atom. The molecule has 1 aromatic carbocycles. The number of nitrogens with one attached hydrogen (secondary N) is 1. The summed E-state index contributed by atoms with van der Waals surface area (Å²) in [6, 6.07) is 5.39. The quantitative estimate of drug-likeness (QED) is 0.698. The van der Waals surface area contributed by atoms with Gasteiger partial charge in [-0.25, -0.2) is 0 Å². The third-order valence-electron chi connectivity index (χ3n) is 6.32. The van der Waals surface area contributed by atoms with Gasteiger partial charge in [0.05, 0.1) is 18.1 Å². The van der Waals surface area contributed by atoms with Gasteiger partial charge in [-0.2, -0.15) is 13.2 Å². The lowest BCUT2D eigenvalue weighted by atomic mass is 9.77. The standard InChI is InChI=1S/C20H23F3N4O3.ClH/c1-2-30-17(29)15-6-11-27(18(15)7-9-24-10-8-18)16(28)13-4-3-5-14(12-13)19(25-26-19)20(21,22)23;/h3-5,12,15,24H,2,6-11H2,1H3;1H.